The van der Waals surface area contributed by atoms with Crippen LogP contribution in [0.15, 0.2) is 23.2 Å². The molecule has 1 atom stereocenters. The Morgan fingerprint density at radius 3 is 2.76 bits per heavy atom. The number of sulfonamides is 1. The van der Waals surface area contributed by atoms with Crippen LogP contribution in [0.4, 0.5) is 5.82 Å². The average Bonchev–Trinajstić information content (AvgIpc) is 3.28. The Morgan fingerprint density at radius 2 is 2.14 bits per heavy atom. The van der Waals surface area contributed by atoms with Gasteiger partial charge in [0.1, 0.15) is 10.7 Å². The van der Waals surface area contributed by atoms with Crippen molar-refractivity contribution < 1.29 is 8.42 Å². The fourth-order valence-corrected chi connectivity index (χ4v) is 3.79. The van der Waals surface area contributed by atoms with Crippen LogP contribution in [0.3, 0.4) is 0 Å². The zero-order valence-corrected chi connectivity index (χ0v) is 13.6. The van der Waals surface area contributed by atoms with Crippen LogP contribution in [0.2, 0.25) is 0 Å². The summed E-state index contributed by atoms with van der Waals surface area (Å²) in [6.07, 6.45) is 6.74. The Labute approximate surface area is 127 Å². The normalized spacial score (nSPS) is 16.7. The predicted octanol–water partition coefficient (Wildman–Crippen LogP) is 2.76. The van der Waals surface area contributed by atoms with Crippen molar-refractivity contribution in [3.63, 3.8) is 0 Å². The van der Waals surface area contributed by atoms with Crippen molar-refractivity contribution in [1.29, 1.82) is 0 Å². The van der Waals surface area contributed by atoms with Gasteiger partial charge in [-0.15, -0.1) is 0 Å². The molecule has 0 amide bonds. The summed E-state index contributed by atoms with van der Waals surface area (Å²) in [5.41, 5.74) is 0. The maximum Gasteiger partial charge on any atom is 0.244 e. The minimum Gasteiger partial charge on any atom is -0.369 e. The molecule has 1 aromatic heterocycles. The molecule has 0 aromatic carbocycles. The Bertz CT molecular complexity index is 556. The third-order valence-corrected chi connectivity index (χ3v) is 5.28. The molecule has 1 fully saturated rings. The van der Waals surface area contributed by atoms with Gasteiger partial charge in [-0.3, -0.25) is 0 Å². The van der Waals surface area contributed by atoms with E-state index in [9.17, 15) is 8.42 Å². The van der Waals surface area contributed by atoms with E-state index in [1.807, 2.05) is 13.8 Å². The van der Waals surface area contributed by atoms with Gasteiger partial charge >= 0.3 is 0 Å². The lowest BCUT2D eigenvalue weighted by Gasteiger charge is -2.18. The molecule has 1 aliphatic carbocycles. The first kappa shape index (κ1) is 16.2. The number of hydrogen-bond acceptors (Lipinski definition) is 4. The number of pyridine rings is 1. The van der Waals surface area contributed by atoms with E-state index >= 15 is 0 Å². The Morgan fingerprint density at radius 1 is 1.38 bits per heavy atom. The van der Waals surface area contributed by atoms with Crippen LogP contribution in [-0.4, -0.2) is 26.0 Å². The van der Waals surface area contributed by atoms with Crippen LogP contribution in [0.5, 0.6) is 0 Å². The average molecular weight is 311 g/mol. The number of nitrogens with zero attached hydrogens (tertiary/aromatic N) is 1. The molecule has 1 heterocycles. The lowest BCUT2D eigenvalue weighted by Crippen LogP contribution is -2.35. The first-order valence-corrected chi connectivity index (χ1v) is 9.26. The zero-order chi connectivity index (χ0) is 15.3. The molecule has 1 aliphatic rings. The van der Waals surface area contributed by atoms with Gasteiger partial charge in [-0.05, 0) is 37.3 Å². The fourth-order valence-electron chi connectivity index (χ4n) is 2.32. The van der Waals surface area contributed by atoms with Gasteiger partial charge in [-0.25, -0.2) is 18.1 Å². The Kier molecular flexibility index (Phi) is 5.58. The lowest BCUT2D eigenvalue weighted by atomic mass is 10.1. The van der Waals surface area contributed by atoms with Crippen LogP contribution < -0.4 is 10.0 Å². The quantitative estimate of drug-likeness (QED) is 0.735. The van der Waals surface area contributed by atoms with Gasteiger partial charge in [0.25, 0.3) is 0 Å². The summed E-state index contributed by atoms with van der Waals surface area (Å²) in [7, 11) is -3.53. The van der Waals surface area contributed by atoms with Crippen LogP contribution >= 0.6 is 0 Å². The van der Waals surface area contributed by atoms with Crippen molar-refractivity contribution in [3.05, 3.63) is 18.3 Å². The van der Waals surface area contributed by atoms with Gasteiger partial charge < -0.3 is 5.32 Å². The second kappa shape index (κ2) is 7.22. The van der Waals surface area contributed by atoms with Crippen molar-refractivity contribution in [1.82, 2.24) is 9.71 Å². The highest BCUT2D eigenvalue weighted by Crippen LogP contribution is 2.34. The van der Waals surface area contributed by atoms with Crippen LogP contribution in [0.1, 0.15) is 46.0 Å². The van der Waals surface area contributed by atoms with Crippen molar-refractivity contribution in [2.24, 2.45) is 5.92 Å². The van der Waals surface area contributed by atoms with Crippen molar-refractivity contribution >= 4 is 15.8 Å². The van der Waals surface area contributed by atoms with Gasteiger partial charge in [-0.2, -0.15) is 0 Å². The molecule has 2 rings (SSSR count). The van der Waals surface area contributed by atoms with E-state index in [1.165, 1.54) is 12.8 Å². The molecule has 5 nitrogen and oxygen atoms in total. The first-order valence-electron chi connectivity index (χ1n) is 7.78. The summed E-state index contributed by atoms with van der Waals surface area (Å²) in [6, 6.07) is 3.28. The molecule has 0 spiro atoms. The highest BCUT2D eigenvalue weighted by Gasteiger charge is 2.28. The largest absolute Gasteiger partial charge is 0.369 e. The van der Waals surface area contributed by atoms with Gasteiger partial charge in [0, 0.05) is 18.8 Å². The van der Waals surface area contributed by atoms with Crippen molar-refractivity contribution in [3.8, 4) is 0 Å². The molecule has 118 valence electrons. The van der Waals surface area contributed by atoms with Crippen molar-refractivity contribution in [2.45, 2.75) is 56.9 Å². The van der Waals surface area contributed by atoms with Gasteiger partial charge in [-0.1, -0.05) is 26.7 Å². The second-order valence-corrected chi connectivity index (χ2v) is 7.36. The van der Waals surface area contributed by atoms with E-state index < -0.39 is 10.0 Å². The van der Waals surface area contributed by atoms with E-state index in [0.717, 1.165) is 19.3 Å². The number of nitrogens with one attached hydrogen (secondary N) is 2. The highest BCUT2D eigenvalue weighted by molar-refractivity contribution is 7.89. The molecule has 0 aliphatic heterocycles. The SMILES string of the molecule is CCCNc1ncccc1S(=O)(=O)NC(CC)CC1CC1. The molecule has 0 saturated heterocycles. The molecule has 6 heteroatoms. The molecule has 1 saturated carbocycles. The van der Waals surface area contributed by atoms with Crippen LogP contribution in [-0.2, 0) is 10.0 Å². The topological polar surface area (TPSA) is 71.1 Å². The minimum absolute atomic E-state index is 0.0155. The van der Waals surface area contributed by atoms with Crippen LogP contribution in [0, 0.1) is 5.92 Å². The highest BCUT2D eigenvalue weighted by atomic mass is 32.2. The van der Waals surface area contributed by atoms with Gasteiger partial charge in [0.2, 0.25) is 10.0 Å². The molecule has 0 radical (unpaired) electrons. The summed E-state index contributed by atoms with van der Waals surface area (Å²) >= 11 is 0. The van der Waals surface area contributed by atoms with E-state index in [4.69, 9.17) is 0 Å². The fraction of sp³-hybridized carbons (Fsp3) is 0.667. The van der Waals surface area contributed by atoms with Gasteiger partial charge in [0.15, 0.2) is 0 Å². The molecule has 21 heavy (non-hydrogen) atoms. The van der Waals surface area contributed by atoms with E-state index in [2.05, 4.69) is 15.0 Å². The maximum absolute atomic E-state index is 12.6. The monoisotopic (exact) mass is 311 g/mol. The number of hydrogen-bond donors (Lipinski definition) is 2. The molecule has 2 N–H and O–H groups in total. The van der Waals surface area contributed by atoms with E-state index in [-0.39, 0.29) is 10.9 Å². The molecular formula is C15H25N3O2S. The molecule has 1 unspecified atom stereocenters. The summed E-state index contributed by atoms with van der Waals surface area (Å²) in [4.78, 5) is 4.40. The first-order chi connectivity index (χ1) is 10.1. The van der Waals surface area contributed by atoms with Gasteiger partial charge in [0.05, 0.1) is 0 Å². The molecular weight excluding hydrogens is 286 g/mol. The summed E-state index contributed by atoms with van der Waals surface area (Å²) in [5.74, 6) is 1.14. The number of anilines is 1. The summed E-state index contributed by atoms with van der Waals surface area (Å²) < 4.78 is 28.0. The summed E-state index contributed by atoms with van der Waals surface area (Å²) in [5, 5.41) is 3.08. The number of rotatable bonds is 9. The Balaban J connectivity index is 2.13. The minimum atomic E-state index is -3.53. The second-order valence-electron chi connectivity index (χ2n) is 5.68. The van der Waals surface area contributed by atoms with Crippen LogP contribution in [0.25, 0.3) is 0 Å². The van der Waals surface area contributed by atoms with Crippen molar-refractivity contribution in [2.75, 3.05) is 11.9 Å². The van der Waals surface area contributed by atoms with E-state index in [0.29, 0.717) is 18.3 Å². The third kappa shape index (κ3) is 4.68. The lowest BCUT2D eigenvalue weighted by molar-refractivity contribution is 0.495. The summed E-state index contributed by atoms with van der Waals surface area (Å²) in [6.45, 7) is 4.76. The zero-order valence-electron chi connectivity index (χ0n) is 12.8. The molecule has 1 aromatic rings. The third-order valence-electron chi connectivity index (χ3n) is 3.73. The Hall–Kier alpha value is -1.14. The molecule has 0 bridgehead atoms. The maximum atomic E-state index is 12.6. The van der Waals surface area contributed by atoms with E-state index in [1.54, 1.807) is 18.3 Å². The smallest absolute Gasteiger partial charge is 0.244 e. The number of aromatic nitrogens is 1. The predicted molar refractivity (Wildman–Crippen MR) is 84.8 cm³/mol. The standard InChI is InChI=1S/C15H25N3O2S/c1-3-9-16-15-14(6-5-10-17-15)21(19,20)18-13(4-2)11-12-7-8-12/h5-6,10,12-13,18H,3-4,7-9,11H2,1-2H3,(H,16,17).